The summed E-state index contributed by atoms with van der Waals surface area (Å²) in [5, 5.41) is 6.03. The molecule has 0 radical (unpaired) electrons. The third-order valence-electron chi connectivity index (χ3n) is 6.37. The van der Waals surface area contributed by atoms with Crippen LogP contribution in [0.2, 0.25) is 5.02 Å². The molecular formula is C27H32ClN7O3. The summed E-state index contributed by atoms with van der Waals surface area (Å²) in [6.45, 7) is 5.23. The van der Waals surface area contributed by atoms with Crippen molar-refractivity contribution in [1.82, 2.24) is 24.3 Å². The van der Waals surface area contributed by atoms with Crippen molar-refractivity contribution in [3.05, 3.63) is 66.0 Å². The molecule has 3 N–H and O–H groups in total. The molecule has 0 saturated carbocycles. The molecule has 1 fully saturated rings. The van der Waals surface area contributed by atoms with Crippen LogP contribution in [0, 0.1) is 0 Å². The maximum Gasteiger partial charge on any atom is 0.261 e. The van der Waals surface area contributed by atoms with Gasteiger partial charge in [-0.15, -0.1) is 0 Å². The number of likely N-dealkylation sites (N-methyl/N-ethyl adjacent to an activating group) is 1. The summed E-state index contributed by atoms with van der Waals surface area (Å²) in [4.78, 5) is 49.5. The van der Waals surface area contributed by atoms with Gasteiger partial charge in [-0.05, 0) is 51.6 Å². The summed E-state index contributed by atoms with van der Waals surface area (Å²) in [6, 6.07) is 5.27. The lowest BCUT2D eigenvalue weighted by molar-refractivity contribution is -0.126. The number of hydrogen-bond acceptors (Lipinski definition) is 5. The zero-order chi connectivity index (χ0) is 27.2. The normalized spacial score (nSPS) is 16.1. The number of H-pyrrole nitrogens is 1. The number of anilines is 2. The molecular weight excluding hydrogens is 506 g/mol. The molecule has 11 heteroatoms. The van der Waals surface area contributed by atoms with Crippen LogP contribution in [0.1, 0.15) is 35.7 Å². The second kappa shape index (κ2) is 12.1. The number of para-hydroxylation sites is 1. The van der Waals surface area contributed by atoms with Crippen molar-refractivity contribution in [2.45, 2.75) is 25.3 Å². The highest BCUT2D eigenvalue weighted by atomic mass is 35.5. The largest absolute Gasteiger partial charge is 0.365 e. The maximum atomic E-state index is 13.3. The molecule has 10 nitrogen and oxygen atoms in total. The van der Waals surface area contributed by atoms with E-state index >= 15 is 0 Å². The number of amides is 3. The number of aromatic amines is 1. The summed E-state index contributed by atoms with van der Waals surface area (Å²) in [5.74, 6) is -0.607. The van der Waals surface area contributed by atoms with E-state index in [0.29, 0.717) is 47.3 Å². The van der Waals surface area contributed by atoms with Crippen LogP contribution in [0.4, 0.5) is 11.6 Å². The van der Waals surface area contributed by atoms with Gasteiger partial charge in [-0.1, -0.05) is 30.3 Å². The number of carbonyl (C=O) groups excluding carboxylic acids is 3. The second-order valence-corrected chi connectivity index (χ2v) is 9.85. The zero-order valence-electron chi connectivity index (χ0n) is 21.5. The number of likely N-dealkylation sites (tertiary alicyclic amines) is 1. The number of benzene rings is 1. The van der Waals surface area contributed by atoms with Gasteiger partial charge in [-0.25, -0.2) is 4.98 Å². The molecule has 3 amide bonds. The molecule has 1 aliphatic rings. The third kappa shape index (κ3) is 6.15. The van der Waals surface area contributed by atoms with E-state index in [-0.39, 0.29) is 17.5 Å². The van der Waals surface area contributed by atoms with E-state index in [4.69, 9.17) is 11.6 Å². The van der Waals surface area contributed by atoms with Crippen LogP contribution in [0.15, 0.2) is 55.4 Å². The Bertz CT molecular complexity index is 1370. The minimum absolute atomic E-state index is 0.0465. The Morgan fingerprint density at radius 3 is 2.82 bits per heavy atom. The molecule has 200 valence electrons. The fraction of sp³-hybridized carbons (Fsp3) is 0.333. The lowest BCUT2D eigenvalue weighted by Crippen LogP contribution is -2.34. The van der Waals surface area contributed by atoms with Crippen LogP contribution in [0.25, 0.3) is 11.0 Å². The van der Waals surface area contributed by atoms with E-state index in [2.05, 4.69) is 27.2 Å². The van der Waals surface area contributed by atoms with Gasteiger partial charge in [-0.3, -0.25) is 19.7 Å². The number of carbonyl (C=O) groups is 3. The average molecular weight is 538 g/mol. The van der Waals surface area contributed by atoms with Gasteiger partial charge in [0, 0.05) is 38.1 Å². The van der Waals surface area contributed by atoms with E-state index in [1.807, 2.05) is 40.6 Å². The minimum Gasteiger partial charge on any atom is -0.365 e. The van der Waals surface area contributed by atoms with Gasteiger partial charge < -0.3 is 24.7 Å². The van der Waals surface area contributed by atoms with Crippen molar-refractivity contribution < 1.29 is 14.4 Å². The Morgan fingerprint density at radius 1 is 1.24 bits per heavy atom. The third-order valence-corrected chi connectivity index (χ3v) is 6.68. The van der Waals surface area contributed by atoms with Gasteiger partial charge in [0.15, 0.2) is 0 Å². The van der Waals surface area contributed by atoms with Gasteiger partial charge in [0.25, 0.3) is 5.91 Å². The first kappa shape index (κ1) is 27.2. The van der Waals surface area contributed by atoms with Crippen LogP contribution >= 0.6 is 11.6 Å². The number of rotatable bonds is 8. The highest BCUT2D eigenvalue weighted by Gasteiger charge is 2.28. The predicted molar refractivity (Wildman–Crippen MR) is 149 cm³/mol. The number of imidazole rings is 1. The first-order valence-corrected chi connectivity index (χ1v) is 12.8. The molecule has 0 unspecified atom stereocenters. The van der Waals surface area contributed by atoms with Crippen LogP contribution in [-0.2, 0) is 9.59 Å². The van der Waals surface area contributed by atoms with Gasteiger partial charge in [0.05, 0.1) is 33.3 Å². The van der Waals surface area contributed by atoms with Crippen LogP contribution in [-0.4, -0.2) is 75.8 Å². The highest BCUT2D eigenvalue weighted by molar-refractivity contribution is 6.35. The first-order valence-electron chi connectivity index (χ1n) is 12.5. The lowest BCUT2D eigenvalue weighted by atomic mass is 10.1. The number of hydrogen-bond donors (Lipinski definition) is 3. The van der Waals surface area contributed by atoms with Gasteiger partial charge >= 0.3 is 0 Å². The fourth-order valence-electron chi connectivity index (χ4n) is 4.56. The molecule has 0 aliphatic carbocycles. The highest BCUT2D eigenvalue weighted by Crippen LogP contribution is 2.34. The number of aromatic nitrogens is 3. The summed E-state index contributed by atoms with van der Waals surface area (Å²) in [5.41, 5.74) is 1.90. The summed E-state index contributed by atoms with van der Waals surface area (Å²) in [7, 11) is 3.90. The van der Waals surface area contributed by atoms with Crippen molar-refractivity contribution in [1.29, 1.82) is 0 Å². The molecule has 1 aromatic carbocycles. The Kier molecular flexibility index (Phi) is 8.65. The number of halogens is 1. The number of nitrogens with one attached hydrogen (secondary N) is 3. The molecule has 3 aromatic rings. The molecule has 1 atom stereocenters. The van der Waals surface area contributed by atoms with E-state index in [1.54, 1.807) is 18.2 Å². The smallest absolute Gasteiger partial charge is 0.261 e. The van der Waals surface area contributed by atoms with Crippen LogP contribution < -0.4 is 10.6 Å². The summed E-state index contributed by atoms with van der Waals surface area (Å²) >= 11 is 6.64. The van der Waals surface area contributed by atoms with E-state index in [9.17, 15) is 14.4 Å². The zero-order valence-corrected chi connectivity index (χ0v) is 22.3. The molecule has 0 bridgehead atoms. The summed E-state index contributed by atoms with van der Waals surface area (Å²) < 4.78 is 1.93. The van der Waals surface area contributed by atoms with Crippen molar-refractivity contribution in [3.63, 3.8) is 0 Å². The van der Waals surface area contributed by atoms with E-state index in [1.165, 1.54) is 12.4 Å². The molecule has 2 aromatic heterocycles. The lowest BCUT2D eigenvalue weighted by Gasteiger charge is -2.26. The average Bonchev–Trinajstić information content (AvgIpc) is 3.40. The Labute approximate surface area is 226 Å². The summed E-state index contributed by atoms with van der Waals surface area (Å²) in [6.07, 6.45) is 10.2. The molecule has 1 aliphatic heterocycles. The Morgan fingerprint density at radius 2 is 2.05 bits per heavy atom. The SMILES string of the molecule is C=CC(=O)Nc1c[nH]cc1C(=O)Nc1nc2cccc(Cl)c2n1[C@@H]1CCCCN(C(=O)/C=C/CN(C)C)C1. The van der Waals surface area contributed by atoms with E-state index in [0.717, 1.165) is 25.3 Å². The Balaban J connectivity index is 1.67. The van der Waals surface area contributed by atoms with Crippen molar-refractivity contribution in [3.8, 4) is 0 Å². The second-order valence-electron chi connectivity index (χ2n) is 9.44. The number of nitrogens with zero attached hydrogens (tertiary/aromatic N) is 4. The quantitative estimate of drug-likeness (QED) is 0.375. The number of fused-ring (bicyclic) bond motifs is 1. The topological polar surface area (TPSA) is 115 Å². The van der Waals surface area contributed by atoms with Gasteiger partial charge in [0.2, 0.25) is 17.8 Å². The molecule has 0 spiro atoms. The van der Waals surface area contributed by atoms with E-state index < -0.39 is 11.8 Å². The van der Waals surface area contributed by atoms with Crippen molar-refractivity contribution in [2.75, 3.05) is 44.4 Å². The van der Waals surface area contributed by atoms with Gasteiger partial charge in [-0.2, -0.15) is 0 Å². The molecule has 4 rings (SSSR count). The molecule has 38 heavy (non-hydrogen) atoms. The van der Waals surface area contributed by atoms with Gasteiger partial charge in [0.1, 0.15) is 0 Å². The fourth-order valence-corrected chi connectivity index (χ4v) is 4.82. The molecule has 1 saturated heterocycles. The Hall–Kier alpha value is -3.89. The maximum absolute atomic E-state index is 13.3. The predicted octanol–water partition coefficient (Wildman–Crippen LogP) is 4.07. The first-order chi connectivity index (χ1) is 18.3. The van der Waals surface area contributed by atoms with Crippen molar-refractivity contribution in [2.24, 2.45) is 0 Å². The van der Waals surface area contributed by atoms with Crippen molar-refractivity contribution >= 4 is 52.0 Å². The monoisotopic (exact) mass is 537 g/mol. The standard InChI is InChI=1S/C27H32ClN7O3/c1-4-23(36)30-22-16-29-15-19(22)26(38)32-27-31-21-11-7-10-20(28)25(21)35(27)18-9-5-6-14-34(17-18)24(37)12-8-13-33(2)3/h4,7-8,10-12,15-16,18,29H,1,5-6,9,13-14,17H2,2-3H3,(H,30,36)(H,31,32,38)/b12-8+/t18-/m1/s1. The minimum atomic E-state index is -0.452. The van der Waals surface area contributed by atoms with Crippen LogP contribution in [0.5, 0.6) is 0 Å². The molecule has 3 heterocycles. The van der Waals surface area contributed by atoms with Crippen LogP contribution in [0.3, 0.4) is 0 Å².